The van der Waals surface area contributed by atoms with Gasteiger partial charge >= 0.3 is 17.9 Å². The third-order valence-corrected chi connectivity index (χ3v) is 14.2. The van der Waals surface area contributed by atoms with Gasteiger partial charge in [0.05, 0.1) is 0 Å². The highest BCUT2D eigenvalue weighted by molar-refractivity contribution is 5.71. The second-order valence-electron chi connectivity index (χ2n) is 21.6. The largest absolute Gasteiger partial charge is 0.462 e. The van der Waals surface area contributed by atoms with Crippen LogP contribution >= 0.6 is 0 Å². The summed E-state index contributed by atoms with van der Waals surface area (Å²) in [6, 6.07) is 0. The van der Waals surface area contributed by atoms with E-state index in [-0.39, 0.29) is 31.1 Å². The average Bonchev–Trinajstić information content (AvgIpc) is 3.41. The van der Waals surface area contributed by atoms with Crippen molar-refractivity contribution in [3.05, 3.63) is 72.9 Å². The maximum atomic E-state index is 12.9. The number of esters is 3. The normalized spacial score (nSPS) is 12.5. The van der Waals surface area contributed by atoms with E-state index in [1.54, 1.807) is 0 Å². The van der Waals surface area contributed by atoms with Gasteiger partial charge in [0.1, 0.15) is 13.2 Å². The maximum absolute atomic E-state index is 12.9. The van der Waals surface area contributed by atoms with Crippen molar-refractivity contribution >= 4 is 17.9 Å². The van der Waals surface area contributed by atoms with Crippen molar-refractivity contribution in [2.75, 3.05) is 13.2 Å². The molecule has 0 heterocycles. The Balaban J connectivity index is 4.37. The van der Waals surface area contributed by atoms with Crippen molar-refractivity contribution in [3.8, 4) is 0 Å². The third kappa shape index (κ3) is 61.6. The Hall–Kier alpha value is -3.15. The molecule has 0 saturated heterocycles. The monoisotopic (exact) mass is 1050 g/mol. The van der Waals surface area contributed by atoms with Crippen LogP contribution in [-0.2, 0) is 28.6 Å². The molecule has 0 aromatic heterocycles. The number of unbranched alkanes of at least 4 members (excludes halogenated alkanes) is 36. The Kier molecular flexibility index (Phi) is 60.7. The molecule has 0 N–H and O–H groups in total. The van der Waals surface area contributed by atoms with E-state index < -0.39 is 6.10 Å². The summed E-state index contributed by atoms with van der Waals surface area (Å²) in [6.07, 6.45) is 81.9. The zero-order valence-electron chi connectivity index (χ0n) is 49.8. The van der Waals surface area contributed by atoms with Crippen LogP contribution in [0.5, 0.6) is 0 Å². The molecule has 0 bridgehead atoms. The summed E-state index contributed by atoms with van der Waals surface area (Å²) in [4.78, 5) is 38.3. The SMILES string of the molecule is CC/C=C\C/C=C\C/C=C\C/C=C\CCCCCCC(=O)OCC(COC(=O)CCCCCCCCCCCCCCCCCCCCCCCC)OC(=O)CCCCCCCCC/C=C\C/C=C\CCCCCC. The number of carbonyl (C=O) groups excluding carboxylic acids is 3. The molecular formula is C69H122O6. The number of hydrogen-bond acceptors (Lipinski definition) is 6. The number of carbonyl (C=O) groups is 3. The predicted molar refractivity (Wildman–Crippen MR) is 325 cm³/mol. The molecule has 0 fully saturated rings. The van der Waals surface area contributed by atoms with Crippen LogP contribution in [0.3, 0.4) is 0 Å². The van der Waals surface area contributed by atoms with Gasteiger partial charge in [-0.05, 0) is 89.9 Å². The summed E-state index contributed by atoms with van der Waals surface area (Å²) in [5, 5.41) is 0. The van der Waals surface area contributed by atoms with Gasteiger partial charge in [-0.15, -0.1) is 0 Å². The number of rotatable bonds is 59. The summed E-state index contributed by atoms with van der Waals surface area (Å²) in [5.74, 6) is -0.900. The Morgan fingerprint density at radius 3 is 0.827 bits per heavy atom. The fourth-order valence-electron chi connectivity index (χ4n) is 9.35. The smallest absolute Gasteiger partial charge is 0.306 e. The summed E-state index contributed by atoms with van der Waals surface area (Å²) in [6.45, 7) is 6.53. The van der Waals surface area contributed by atoms with E-state index in [0.717, 1.165) is 109 Å². The van der Waals surface area contributed by atoms with Gasteiger partial charge in [-0.2, -0.15) is 0 Å². The van der Waals surface area contributed by atoms with E-state index in [4.69, 9.17) is 14.2 Å². The molecule has 6 heteroatoms. The van der Waals surface area contributed by atoms with Gasteiger partial charge in [-0.25, -0.2) is 0 Å². The minimum atomic E-state index is -0.790. The van der Waals surface area contributed by atoms with Gasteiger partial charge in [0.25, 0.3) is 0 Å². The zero-order chi connectivity index (χ0) is 54.3. The first-order valence-electron chi connectivity index (χ1n) is 32.4. The summed E-state index contributed by atoms with van der Waals surface area (Å²) < 4.78 is 16.9. The molecule has 0 aliphatic heterocycles. The van der Waals surface area contributed by atoms with Crippen molar-refractivity contribution in [3.63, 3.8) is 0 Å². The van der Waals surface area contributed by atoms with Crippen LogP contribution in [0.1, 0.15) is 329 Å². The standard InChI is InChI=1S/C69H122O6/c1-4-7-10-13-16-19-22-25-28-31-33-34-35-36-39-41-44-47-50-53-56-59-62-68(71)74-65-66(64-73-67(70)61-58-55-52-49-46-43-40-37-30-27-24-21-18-15-12-9-6-3)75-69(72)63-60-57-54-51-48-45-42-38-32-29-26-23-20-17-14-11-8-5-2/h9,12,18,20-21,23,27,29-30,32,40,43,66H,4-8,10-11,13-17,19,22,24-26,28,31,33-39,41-42,44-65H2,1-3H3/b12-9-,21-18-,23-20-,30-27-,32-29-,43-40-. The lowest BCUT2D eigenvalue weighted by Crippen LogP contribution is -2.30. The molecule has 434 valence electrons. The van der Waals surface area contributed by atoms with Gasteiger partial charge in [0.2, 0.25) is 0 Å². The van der Waals surface area contributed by atoms with E-state index in [2.05, 4.69) is 93.7 Å². The quantitative estimate of drug-likeness (QED) is 0.0261. The topological polar surface area (TPSA) is 78.9 Å². The molecule has 0 rings (SSSR count). The van der Waals surface area contributed by atoms with Crippen molar-refractivity contribution in [2.24, 2.45) is 0 Å². The predicted octanol–water partition coefficient (Wildman–Crippen LogP) is 22.1. The van der Waals surface area contributed by atoms with Gasteiger partial charge in [-0.1, -0.05) is 293 Å². The van der Waals surface area contributed by atoms with Gasteiger partial charge in [-0.3, -0.25) is 14.4 Å². The number of allylic oxidation sites excluding steroid dienone is 12. The average molecular weight is 1050 g/mol. The summed E-state index contributed by atoms with van der Waals surface area (Å²) in [5.41, 5.74) is 0. The fraction of sp³-hybridized carbons (Fsp3) is 0.783. The zero-order valence-corrected chi connectivity index (χ0v) is 49.8. The second-order valence-corrected chi connectivity index (χ2v) is 21.6. The molecule has 0 aromatic carbocycles. The van der Waals surface area contributed by atoms with E-state index >= 15 is 0 Å². The molecule has 0 radical (unpaired) electrons. The molecule has 0 aromatic rings. The molecule has 0 saturated carbocycles. The van der Waals surface area contributed by atoms with Crippen LogP contribution in [0.25, 0.3) is 0 Å². The lowest BCUT2D eigenvalue weighted by atomic mass is 10.0. The van der Waals surface area contributed by atoms with Crippen LogP contribution in [0, 0.1) is 0 Å². The number of ether oxygens (including phenoxy) is 3. The first kappa shape index (κ1) is 71.8. The molecule has 0 amide bonds. The van der Waals surface area contributed by atoms with E-state index in [0.29, 0.717) is 19.3 Å². The van der Waals surface area contributed by atoms with Gasteiger partial charge < -0.3 is 14.2 Å². The van der Waals surface area contributed by atoms with Crippen LogP contribution in [0.4, 0.5) is 0 Å². The Morgan fingerprint density at radius 1 is 0.280 bits per heavy atom. The van der Waals surface area contributed by atoms with Gasteiger partial charge in [0.15, 0.2) is 6.10 Å². The maximum Gasteiger partial charge on any atom is 0.306 e. The molecule has 0 aliphatic carbocycles. The van der Waals surface area contributed by atoms with Crippen LogP contribution in [-0.4, -0.2) is 37.2 Å². The minimum absolute atomic E-state index is 0.0839. The fourth-order valence-corrected chi connectivity index (χ4v) is 9.35. The molecule has 1 atom stereocenters. The first-order chi connectivity index (χ1) is 37.0. The van der Waals surface area contributed by atoms with E-state index in [1.165, 1.54) is 180 Å². The highest BCUT2D eigenvalue weighted by atomic mass is 16.6. The summed E-state index contributed by atoms with van der Waals surface area (Å²) in [7, 11) is 0. The van der Waals surface area contributed by atoms with Crippen LogP contribution in [0.2, 0.25) is 0 Å². The van der Waals surface area contributed by atoms with Crippen LogP contribution < -0.4 is 0 Å². The van der Waals surface area contributed by atoms with Crippen molar-refractivity contribution < 1.29 is 28.6 Å². The lowest BCUT2D eigenvalue weighted by Gasteiger charge is -2.18. The summed E-state index contributed by atoms with van der Waals surface area (Å²) >= 11 is 0. The molecule has 1 unspecified atom stereocenters. The Bertz CT molecular complexity index is 1390. The number of hydrogen-bond donors (Lipinski definition) is 0. The van der Waals surface area contributed by atoms with Crippen LogP contribution in [0.15, 0.2) is 72.9 Å². The molecule has 75 heavy (non-hydrogen) atoms. The van der Waals surface area contributed by atoms with Crippen molar-refractivity contribution in [2.45, 2.75) is 335 Å². The Labute approximate surface area is 465 Å². The molecule has 0 aliphatic rings. The molecule has 6 nitrogen and oxygen atoms in total. The third-order valence-electron chi connectivity index (χ3n) is 14.2. The lowest BCUT2D eigenvalue weighted by molar-refractivity contribution is -0.167. The molecular weight excluding hydrogens is 925 g/mol. The molecule has 0 spiro atoms. The Morgan fingerprint density at radius 2 is 0.520 bits per heavy atom. The van der Waals surface area contributed by atoms with Crippen molar-refractivity contribution in [1.82, 2.24) is 0 Å². The minimum Gasteiger partial charge on any atom is -0.462 e. The highest BCUT2D eigenvalue weighted by Gasteiger charge is 2.19. The van der Waals surface area contributed by atoms with E-state index in [1.807, 2.05) is 0 Å². The second kappa shape index (κ2) is 63.4. The van der Waals surface area contributed by atoms with Crippen molar-refractivity contribution in [1.29, 1.82) is 0 Å². The van der Waals surface area contributed by atoms with E-state index in [9.17, 15) is 14.4 Å². The highest BCUT2D eigenvalue weighted by Crippen LogP contribution is 2.17. The van der Waals surface area contributed by atoms with Gasteiger partial charge in [0, 0.05) is 19.3 Å². The first-order valence-corrected chi connectivity index (χ1v) is 32.4.